The van der Waals surface area contributed by atoms with E-state index in [-0.39, 0.29) is 5.92 Å². The van der Waals surface area contributed by atoms with Gasteiger partial charge in [0.15, 0.2) is 0 Å². The number of alkyl halides is 3. The molecule has 4 rings (SSSR count). The second-order valence-corrected chi connectivity index (χ2v) is 8.18. The van der Waals surface area contributed by atoms with Crippen LogP contribution in [-0.4, -0.2) is 27.5 Å². The average Bonchev–Trinajstić information content (AvgIpc) is 3.00. The van der Waals surface area contributed by atoms with Crippen molar-refractivity contribution in [1.82, 2.24) is 14.5 Å². The standard InChI is InChI=1S/C22H23F4N3/c1-14-5-17(16-3-4-20-21(8-16)28(2)13-27-20)12-29(10-14)11-15-6-18(22(24,25)26)9-19(23)7-15/h3-4,6-9,13-14,17H,5,10-12H2,1-2H3/t14-,17+/m1/s1. The monoisotopic (exact) mass is 405 g/mol. The summed E-state index contributed by atoms with van der Waals surface area (Å²) in [4.78, 5) is 6.48. The largest absolute Gasteiger partial charge is 0.416 e. The number of hydrogen-bond acceptors (Lipinski definition) is 2. The van der Waals surface area contributed by atoms with Crippen LogP contribution in [0.3, 0.4) is 0 Å². The van der Waals surface area contributed by atoms with Crippen molar-refractivity contribution >= 4 is 11.0 Å². The molecule has 1 aliphatic rings. The van der Waals surface area contributed by atoms with Crippen molar-refractivity contribution in [2.75, 3.05) is 13.1 Å². The molecule has 2 aromatic carbocycles. The van der Waals surface area contributed by atoms with Crippen molar-refractivity contribution in [1.29, 1.82) is 0 Å². The maximum atomic E-state index is 13.8. The van der Waals surface area contributed by atoms with Gasteiger partial charge in [-0.05, 0) is 59.7 Å². The number of piperidine rings is 1. The first-order valence-electron chi connectivity index (χ1n) is 9.69. The van der Waals surface area contributed by atoms with Crippen LogP contribution in [0.5, 0.6) is 0 Å². The minimum Gasteiger partial charge on any atom is -0.334 e. The quantitative estimate of drug-likeness (QED) is 0.547. The lowest BCUT2D eigenvalue weighted by Crippen LogP contribution is -2.38. The van der Waals surface area contributed by atoms with Crippen molar-refractivity contribution < 1.29 is 17.6 Å². The van der Waals surface area contributed by atoms with Crippen molar-refractivity contribution in [3.63, 3.8) is 0 Å². The van der Waals surface area contributed by atoms with Gasteiger partial charge in [-0.15, -0.1) is 0 Å². The number of benzene rings is 2. The summed E-state index contributed by atoms with van der Waals surface area (Å²) in [6.07, 6.45) is -1.75. The third-order valence-corrected chi connectivity index (χ3v) is 5.65. The van der Waals surface area contributed by atoms with Gasteiger partial charge in [0.2, 0.25) is 0 Å². The number of aryl methyl sites for hydroxylation is 1. The Morgan fingerprint density at radius 1 is 1.10 bits per heavy atom. The summed E-state index contributed by atoms with van der Waals surface area (Å²) in [6.45, 7) is 3.96. The van der Waals surface area contributed by atoms with E-state index in [4.69, 9.17) is 0 Å². The van der Waals surface area contributed by atoms with E-state index in [0.29, 0.717) is 24.1 Å². The summed E-state index contributed by atoms with van der Waals surface area (Å²) in [5.41, 5.74) is 2.62. The fourth-order valence-corrected chi connectivity index (χ4v) is 4.39. The van der Waals surface area contributed by atoms with Gasteiger partial charge in [0.25, 0.3) is 0 Å². The highest BCUT2D eigenvalue weighted by molar-refractivity contribution is 5.76. The van der Waals surface area contributed by atoms with E-state index < -0.39 is 17.6 Å². The van der Waals surface area contributed by atoms with Crippen molar-refractivity contribution in [3.8, 4) is 0 Å². The Morgan fingerprint density at radius 2 is 1.90 bits per heavy atom. The highest BCUT2D eigenvalue weighted by Gasteiger charge is 2.32. The molecule has 0 saturated carbocycles. The number of imidazole rings is 1. The van der Waals surface area contributed by atoms with Crippen LogP contribution in [-0.2, 0) is 19.8 Å². The molecule has 154 valence electrons. The molecule has 3 aromatic rings. The second-order valence-electron chi connectivity index (χ2n) is 8.18. The number of aromatic nitrogens is 2. The van der Waals surface area contributed by atoms with Gasteiger partial charge in [-0.3, -0.25) is 4.90 Å². The predicted octanol–water partition coefficient (Wildman–Crippen LogP) is 5.36. The van der Waals surface area contributed by atoms with Crippen molar-refractivity contribution in [2.45, 2.75) is 32.0 Å². The van der Waals surface area contributed by atoms with Gasteiger partial charge in [0.1, 0.15) is 5.82 Å². The summed E-state index contributed by atoms with van der Waals surface area (Å²) < 4.78 is 54.8. The highest BCUT2D eigenvalue weighted by Crippen LogP contribution is 2.34. The van der Waals surface area contributed by atoms with E-state index in [9.17, 15) is 17.6 Å². The molecule has 3 nitrogen and oxygen atoms in total. The Bertz CT molecular complexity index is 1020. The molecule has 0 unspecified atom stereocenters. The summed E-state index contributed by atoms with van der Waals surface area (Å²) >= 11 is 0. The first kappa shape index (κ1) is 19.9. The summed E-state index contributed by atoms with van der Waals surface area (Å²) in [5.74, 6) is -0.182. The molecule has 1 aliphatic heterocycles. The van der Waals surface area contributed by atoms with Crippen LogP contribution in [0, 0.1) is 11.7 Å². The van der Waals surface area contributed by atoms with Gasteiger partial charge in [-0.1, -0.05) is 13.0 Å². The lowest BCUT2D eigenvalue weighted by atomic mass is 9.85. The fraction of sp³-hybridized carbons (Fsp3) is 0.409. The number of hydrogen-bond donors (Lipinski definition) is 0. The molecule has 1 fully saturated rings. The van der Waals surface area contributed by atoms with Gasteiger partial charge in [-0.2, -0.15) is 13.2 Å². The Morgan fingerprint density at radius 3 is 2.66 bits per heavy atom. The molecular weight excluding hydrogens is 382 g/mol. The normalized spacial score (nSPS) is 21.0. The van der Waals surface area contributed by atoms with Crippen LogP contribution < -0.4 is 0 Å². The molecule has 0 radical (unpaired) electrons. The SMILES string of the molecule is C[C@@H]1C[C@H](c2ccc3ncn(C)c3c2)CN(Cc2cc(F)cc(C(F)(F)F)c2)C1. The van der Waals surface area contributed by atoms with E-state index in [1.54, 1.807) is 6.33 Å². The van der Waals surface area contributed by atoms with E-state index in [1.807, 2.05) is 17.7 Å². The highest BCUT2D eigenvalue weighted by atomic mass is 19.4. The summed E-state index contributed by atoms with van der Waals surface area (Å²) in [7, 11) is 1.96. The van der Waals surface area contributed by atoms with Crippen LogP contribution >= 0.6 is 0 Å². The molecule has 29 heavy (non-hydrogen) atoms. The topological polar surface area (TPSA) is 21.1 Å². The summed E-state index contributed by atoms with van der Waals surface area (Å²) in [6, 6.07) is 9.04. The molecule has 0 amide bonds. The smallest absolute Gasteiger partial charge is 0.334 e. The van der Waals surface area contributed by atoms with Crippen LogP contribution in [0.2, 0.25) is 0 Å². The number of nitrogens with zero attached hydrogens (tertiary/aromatic N) is 3. The molecular formula is C22H23F4N3. The molecule has 2 heterocycles. The maximum Gasteiger partial charge on any atom is 0.416 e. The summed E-state index contributed by atoms with van der Waals surface area (Å²) in [5, 5.41) is 0. The first-order valence-corrected chi connectivity index (χ1v) is 9.69. The van der Waals surface area contributed by atoms with Crippen molar-refractivity contribution in [2.24, 2.45) is 13.0 Å². The molecule has 0 spiro atoms. The molecule has 2 atom stereocenters. The second kappa shape index (κ2) is 7.44. The van der Waals surface area contributed by atoms with Crippen molar-refractivity contribution in [3.05, 3.63) is 65.2 Å². The lowest BCUT2D eigenvalue weighted by molar-refractivity contribution is -0.137. The minimum absolute atomic E-state index is 0.272. The lowest BCUT2D eigenvalue weighted by Gasteiger charge is -2.37. The van der Waals surface area contributed by atoms with Gasteiger partial charge < -0.3 is 4.57 Å². The van der Waals surface area contributed by atoms with E-state index in [0.717, 1.165) is 36.6 Å². The molecule has 1 saturated heterocycles. The van der Waals surface area contributed by atoms with Crippen LogP contribution in [0.15, 0.2) is 42.7 Å². The average molecular weight is 405 g/mol. The molecule has 1 aromatic heterocycles. The van der Waals surface area contributed by atoms with E-state index >= 15 is 0 Å². The molecule has 0 aliphatic carbocycles. The van der Waals surface area contributed by atoms with Gasteiger partial charge in [0, 0.05) is 26.7 Å². The Kier molecular flexibility index (Phi) is 5.11. The zero-order valence-corrected chi connectivity index (χ0v) is 16.4. The van der Waals surface area contributed by atoms with Crippen LogP contribution in [0.1, 0.15) is 36.0 Å². The number of fused-ring (bicyclic) bond motifs is 1. The Labute approximate surface area is 167 Å². The van der Waals surface area contributed by atoms with Crippen LogP contribution in [0.4, 0.5) is 17.6 Å². The first-order chi connectivity index (χ1) is 13.7. The Balaban J connectivity index is 1.56. The third-order valence-electron chi connectivity index (χ3n) is 5.65. The molecule has 0 bridgehead atoms. The number of rotatable bonds is 3. The van der Waals surface area contributed by atoms with Gasteiger partial charge in [-0.25, -0.2) is 9.37 Å². The Hall–Kier alpha value is -2.41. The maximum absolute atomic E-state index is 13.8. The molecule has 0 N–H and O–H groups in total. The van der Waals surface area contributed by atoms with E-state index in [2.05, 4.69) is 28.9 Å². The van der Waals surface area contributed by atoms with Crippen LogP contribution in [0.25, 0.3) is 11.0 Å². The number of halogens is 4. The fourth-order valence-electron chi connectivity index (χ4n) is 4.39. The predicted molar refractivity (Wildman–Crippen MR) is 104 cm³/mol. The van der Waals surface area contributed by atoms with Gasteiger partial charge in [0.05, 0.1) is 22.9 Å². The molecule has 7 heteroatoms. The third kappa shape index (κ3) is 4.29. The zero-order valence-electron chi connectivity index (χ0n) is 16.4. The zero-order chi connectivity index (χ0) is 20.8. The van der Waals surface area contributed by atoms with E-state index in [1.165, 1.54) is 11.6 Å². The van der Waals surface area contributed by atoms with Gasteiger partial charge >= 0.3 is 6.18 Å². The number of likely N-dealkylation sites (tertiary alicyclic amines) is 1. The minimum atomic E-state index is -4.55.